The Bertz CT molecular complexity index is 1300. The highest BCUT2D eigenvalue weighted by Gasteiger charge is 2.65. The molecule has 3 aromatic carbocycles. The van der Waals surface area contributed by atoms with Crippen molar-refractivity contribution in [2.24, 2.45) is 11.8 Å². The molecule has 0 spiro atoms. The number of Topliss-reactive ketones (excluding diaryl/α,β-unsaturated/α-hetero) is 1. The Labute approximate surface area is 205 Å². The summed E-state index contributed by atoms with van der Waals surface area (Å²) in [6.07, 6.45) is 0. The van der Waals surface area contributed by atoms with Crippen LogP contribution in [-0.4, -0.2) is 42.1 Å². The Kier molecular flexibility index (Phi) is 6.89. The minimum atomic E-state index is -4.52. The van der Waals surface area contributed by atoms with E-state index in [1.54, 1.807) is 66.7 Å². The first-order valence-corrected chi connectivity index (χ1v) is 12.9. The first kappa shape index (κ1) is 24.8. The molecule has 1 heterocycles. The van der Waals surface area contributed by atoms with Crippen molar-refractivity contribution in [2.75, 3.05) is 6.54 Å². The Morgan fingerprint density at radius 1 is 0.943 bits per heavy atom. The predicted molar refractivity (Wildman–Crippen MR) is 132 cm³/mol. The van der Waals surface area contributed by atoms with Crippen LogP contribution < -0.4 is 5.32 Å². The maximum atomic E-state index is 13.9. The van der Waals surface area contributed by atoms with E-state index >= 15 is 0 Å². The Morgan fingerprint density at radius 2 is 1.46 bits per heavy atom. The smallest absolute Gasteiger partial charge is 0.269 e. The van der Waals surface area contributed by atoms with Crippen molar-refractivity contribution < 1.29 is 23.1 Å². The summed E-state index contributed by atoms with van der Waals surface area (Å²) in [5.74, 6) is -2.88. The van der Waals surface area contributed by atoms with E-state index < -0.39 is 39.4 Å². The van der Waals surface area contributed by atoms with Crippen LogP contribution in [0.4, 0.5) is 0 Å². The normalized spacial score (nSPS) is 22.5. The van der Waals surface area contributed by atoms with E-state index in [-0.39, 0.29) is 21.9 Å². The van der Waals surface area contributed by atoms with Crippen LogP contribution in [-0.2, 0) is 20.5 Å². The van der Waals surface area contributed by atoms with Crippen molar-refractivity contribution >= 4 is 21.7 Å². The van der Waals surface area contributed by atoms with Crippen LogP contribution in [0.25, 0.3) is 0 Å². The number of rotatable bonds is 8. The van der Waals surface area contributed by atoms with Crippen molar-refractivity contribution in [3.05, 3.63) is 102 Å². The van der Waals surface area contributed by atoms with Gasteiger partial charge in [0.05, 0.1) is 10.9 Å². The summed E-state index contributed by atoms with van der Waals surface area (Å²) >= 11 is 0. The molecule has 3 aromatic rings. The van der Waals surface area contributed by atoms with Gasteiger partial charge in [-0.2, -0.15) is 4.31 Å². The molecular formula is C27H28N2O5S. The van der Waals surface area contributed by atoms with Gasteiger partial charge in [-0.3, -0.25) is 9.59 Å². The Hall–Kier alpha value is -3.33. The number of sulfonamides is 1. The molecule has 8 heteroatoms. The summed E-state index contributed by atoms with van der Waals surface area (Å²) in [6.45, 7) is 4.24. The van der Waals surface area contributed by atoms with Gasteiger partial charge in [-0.25, -0.2) is 8.42 Å². The fourth-order valence-corrected chi connectivity index (χ4v) is 6.09. The molecule has 182 valence electrons. The van der Waals surface area contributed by atoms with Crippen LogP contribution in [0, 0.1) is 11.8 Å². The lowest BCUT2D eigenvalue weighted by molar-refractivity contribution is -0.135. The third-order valence-corrected chi connectivity index (χ3v) is 7.92. The van der Waals surface area contributed by atoms with Crippen LogP contribution in [0.1, 0.15) is 29.8 Å². The van der Waals surface area contributed by atoms with Crippen molar-refractivity contribution in [3.63, 3.8) is 0 Å². The van der Waals surface area contributed by atoms with Gasteiger partial charge in [0.25, 0.3) is 15.9 Å². The molecule has 1 amide bonds. The van der Waals surface area contributed by atoms with Gasteiger partial charge in [-0.1, -0.05) is 92.7 Å². The lowest BCUT2D eigenvalue weighted by Crippen LogP contribution is -2.56. The third-order valence-electron chi connectivity index (χ3n) is 6.11. The quantitative estimate of drug-likeness (QED) is 0.370. The maximum Gasteiger partial charge on any atom is 0.269 e. The van der Waals surface area contributed by atoms with Gasteiger partial charge in [0.15, 0.2) is 11.5 Å². The second kappa shape index (κ2) is 9.73. The molecule has 3 atom stereocenters. The van der Waals surface area contributed by atoms with E-state index in [2.05, 4.69) is 5.32 Å². The lowest BCUT2D eigenvalue weighted by atomic mass is 9.85. The predicted octanol–water partition coefficient (Wildman–Crippen LogP) is 3.18. The molecule has 7 nitrogen and oxygen atoms in total. The van der Waals surface area contributed by atoms with E-state index in [0.717, 1.165) is 0 Å². The van der Waals surface area contributed by atoms with Gasteiger partial charge in [0, 0.05) is 11.1 Å². The van der Waals surface area contributed by atoms with Crippen molar-refractivity contribution in [3.8, 4) is 0 Å². The SMILES string of the molecule is CC(C)CNC1C(C(=O)c2ccccc2)C(=O)N(S(=O)(=O)c2ccccc2)C1(O)c1ccccc1. The average molecular weight is 493 g/mol. The number of carbonyl (C=O) groups is 2. The first-order valence-electron chi connectivity index (χ1n) is 11.4. The molecule has 1 fully saturated rings. The van der Waals surface area contributed by atoms with Crippen LogP contribution in [0.15, 0.2) is 95.9 Å². The molecule has 0 bridgehead atoms. The van der Waals surface area contributed by atoms with E-state index in [0.29, 0.717) is 10.8 Å². The van der Waals surface area contributed by atoms with Gasteiger partial charge in [0.2, 0.25) is 0 Å². The Balaban J connectivity index is 1.95. The topological polar surface area (TPSA) is 104 Å². The molecule has 3 unspecified atom stereocenters. The number of amides is 1. The average Bonchev–Trinajstić information content (AvgIpc) is 3.11. The molecule has 35 heavy (non-hydrogen) atoms. The number of hydrogen-bond donors (Lipinski definition) is 2. The molecule has 0 radical (unpaired) electrons. The molecule has 0 saturated carbocycles. The zero-order valence-corrected chi connectivity index (χ0v) is 20.4. The standard InChI is InChI=1S/C27H28N2O5S/c1-19(2)18-28-25-23(24(30)20-12-6-3-7-13-20)26(31)29(27(25,32)21-14-8-4-9-15-21)35(33,34)22-16-10-5-11-17-22/h3-17,19,23,25,28,32H,18H2,1-2H3. The summed E-state index contributed by atoms with van der Waals surface area (Å²) in [7, 11) is -4.52. The second-order valence-corrected chi connectivity index (χ2v) is 10.8. The largest absolute Gasteiger partial charge is 0.365 e. The van der Waals surface area contributed by atoms with E-state index in [4.69, 9.17) is 0 Å². The summed E-state index contributed by atoms with van der Waals surface area (Å²) in [5, 5.41) is 15.4. The maximum absolute atomic E-state index is 13.9. The van der Waals surface area contributed by atoms with Gasteiger partial charge in [-0.15, -0.1) is 0 Å². The van der Waals surface area contributed by atoms with Gasteiger partial charge in [-0.05, 0) is 24.6 Å². The molecule has 1 saturated heterocycles. The molecule has 1 aliphatic heterocycles. The van der Waals surface area contributed by atoms with Gasteiger partial charge >= 0.3 is 0 Å². The molecule has 0 aliphatic carbocycles. The highest BCUT2D eigenvalue weighted by molar-refractivity contribution is 7.89. The summed E-state index contributed by atoms with van der Waals surface area (Å²) in [4.78, 5) is 27.4. The van der Waals surface area contributed by atoms with Crippen molar-refractivity contribution in [1.82, 2.24) is 9.62 Å². The summed E-state index contributed by atoms with van der Waals surface area (Å²) in [5.41, 5.74) is -1.88. The van der Waals surface area contributed by atoms with Crippen LogP contribution in [0.2, 0.25) is 0 Å². The van der Waals surface area contributed by atoms with Gasteiger partial charge in [0.1, 0.15) is 5.92 Å². The number of nitrogens with zero attached hydrogens (tertiary/aromatic N) is 1. The van der Waals surface area contributed by atoms with Crippen LogP contribution >= 0.6 is 0 Å². The minimum absolute atomic E-state index is 0.109. The van der Waals surface area contributed by atoms with E-state index in [1.807, 2.05) is 13.8 Å². The van der Waals surface area contributed by atoms with E-state index in [1.165, 1.54) is 24.3 Å². The number of benzene rings is 3. The number of carbonyl (C=O) groups excluding carboxylic acids is 2. The fourth-order valence-electron chi connectivity index (χ4n) is 4.44. The number of nitrogens with one attached hydrogen (secondary N) is 1. The summed E-state index contributed by atoms with van der Waals surface area (Å²) in [6, 6.07) is 22.6. The number of aliphatic hydroxyl groups is 1. The minimum Gasteiger partial charge on any atom is -0.365 e. The van der Waals surface area contributed by atoms with Crippen LogP contribution in [0.5, 0.6) is 0 Å². The number of hydrogen-bond acceptors (Lipinski definition) is 6. The highest BCUT2D eigenvalue weighted by Crippen LogP contribution is 2.45. The van der Waals surface area contributed by atoms with Crippen molar-refractivity contribution in [1.29, 1.82) is 0 Å². The zero-order valence-electron chi connectivity index (χ0n) is 19.5. The zero-order chi connectivity index (χ0) is 25.2. The Morgan fingerprint density at radius 3 is 2.00 bits per heavy atom. The second-order valence-electron chi connectivity index (χ2n) is 9.00. The molecule has 4 rings (SSSR count). The lowest BCUT2D eigenvalue weighted by Gasteiger charge is -2.37. The molecule has 2 N–H and O–H groups in total. The van der Waals surface area contributed by atoms with Crippen molar-refractivity contribution in [2.45, 2.75) is 30.5 Å². The highest BCUT2D eigenvalue weighted by atomic mass is 32.2. The van der Waals surface area contributed by atoms with Crippen LogP contribution in [0.3, 0.4) is 0 Å². The van der Waals surface area contributed by atoms with Gasteiger partial charge < -0.3 is 10.4 Å². The third kappa shape index (κ3) is 4.40. The van der Waals surface area contributed by atoms with E-state index in [9.17, 15) is 23.1 Å². The first-order chi connectivity index (χ1) is 16.7. The monoisotopic (exact) mass is 492 g/mol. The summed E-state index contributed by atoms with van der Waals surface area (Å²) < 4.78 is 28.2. The molecule has 1 aliphatic rings. The fraction of sp³-hybridized carbons (Fsp3) is 0.259. The number of ketones is 1. The molecular weight excluding hydrogens is 464 g/mol. The molecule has 0 aromatic heterocycles.